The van der Waals surface area contributed by atoms with Gasteiger partial charge in [0.05, 0.1) is 7.11 Å². The highest BCUT2D eigenvalue weighted by molar-refractivity contribution is 5.97. The van der Waals surface area contributed by atoms with Gasteiger partial charge in [0.2, 0.25) is 11.8 Å². The molecule has 4 rings (SSSR count). The number of methoxy groups -OCH3 is 1. The Balaban J connectivity index is 1.42. The van der Waals surface area contributed by atoms with Crippen LogP contribution in [0.5, 0.6) is 11.5 Å². The molecule has 2 heterocycles. The quantitative estimate of drug-likeness (QED) is 0.794. The smallest absolute Gasteiger partial charge is 0.246 e. The molecule has 2 aromatic carbocycles. The highest BCUT2D eigenvalue weighted by Gasteiger charge is 2.43. The van der Waals surface area contributed by atoms with E-state index in [0.717, 1.165) is 16.9 Å². The first-order valence-electron chi connectivity index (χ1n) is 9.78. The minimum Gasteiger partial charge on any atom is -0.508 e. The summed E-state index contributed by atoms with van der Waals surface area (Å²) in [6, 6.07) is 13.5. The predicted octanol–water partition coefficient (Wildman–Crippen LogP) is 1.15. The number of aromatic hydroxyl groups is 1. The molecule has 2 aliphatic rings. The SMILES string of the molecule is COc1ccccc1CN1CCN2C(=O)[C@@H](Cc3ccc(O)cc3)NC(=O)[C@H]2C1. The van der Waals surface area contributed by atoms with Crippen molar-refractivity contribution < 1.29 is 19.4 Å². The largest absolute Gasteiger partial charge is 0.508 e. The number of hydrogen-bond acceptors (Lipinski definition) is 5. The molecule has 2 atom stereocenters. The molecule has 7 heteroatoms. The Labute approximate surface area is 169 Å². The van der Waals surface area contributed by atoms with Gasteiger partial charge in [-0.05, 0) is 23.8 Å². The van der Waals surface area contributed by atoms with E-state index in [-0.39, 0.29) is 17.6 Å². The Morgan fingerprint density at radius 1 is 1.10 bits per heavy atom. The van der Waals surface area contributed by atoms with E-state index < -0.39 is 12.1 Å². The van der Waals surface area contributed by atoms with Crippen LogP contribution in [0.4, 0.5) is 0 Å². The molecule has 0 aliphatic carbocycles. The third-order valence-electron chi connectivity index (χ3n) is 5.63. The van der Waals surface area contributed by atoms with Crippen molar-refractivity contribution in [2.75, 3.05) is 26.7 Å². The number of amides is 2. The van der Waals surface area contributed by atoms with Crippen molar-refractivity contribution in [1.82, 2.24) is 15.1 Å². The van der Waals surface area contributed by atoms with Gasteiger partial charge in [0.15, 0.2) is 0 Å². The van der Waals surface area contributed by atoms with Crippen molar-refractivity contribution in [2.24, 2.45) is 0 Å². The molecule has 2 saturated heterocycles. The monoisotopic (exact) mass is 395 g/mol. The van der Waals surface area contributed by atoms with Gasteiger partial charge in [0.25, 0.3) is 0 Å². The maximum Gasteiger partial charge on any atom is 0.246 e. The van der Waals surface area contributed by atoms with E-state index in [2.05, 4.69) is 10.2 Å². The van der Waals surface area contributed by atoms with Crippen LogP contribution in [0, 0.1) is 0 Å². The number of benzene rings is 2. The van der Waals surface area contributed by atoms with Crippen molar-refractivity contribution in [3.05, 3.63) is 59.7 Å². The highest BCUT2D eigenvalue weighted by atomic mass is 16.5. The molecule has 0 bridgehead atoms. The summed E-state index contributed by atoms with van der Waals surface area (Å²) in [7, 11) is 1.65. The van der Waals surface area contributed by atoms with Crippen LogP contribution in [0.2, 0.25) is 0 Å². The Morgan fingerprint density at radius 3 is 2.62 bits per heavy atom. The number of nitrogens with zero attached hydrogens (tertiary/aromatic N) is 2. The number of carbonyl (C=O) groups is 2. The number of hydrogen-bond donors (Lipinski definition) is 2. The Bertz CT molecular complexity index is 899. The van der Waals surface area contributed by atoms with Crippen LogP contribution in [-0.4, -0.2) is 65.5 Å². The molecule has 29 heavy (non-hydrogen) atoms. The number of phenols is 1. The fourth-order valence-electron chi connectivity index (χ4n) is 4.08. The molecule has 0 unspecified atom stereocenters. The summed E-state index contributed by atoms with van der Waals surface area (Å²) in [6.45, 7) is 2.41. The van der Waals surface area contributed by atoms with Crippen molar-refractivity contribution in [2.45, 2.75) is 25.0 Å². The molecule has 0 aromatic heterocycles. The molecule has 0 saturated carbocycles. The molecule has 0 radical (unpaired) electrons. The third-order valence-corrected chi connectivity index (χ3v) is 5.63. The fourth-order valence-corrected chi connectivity index (χ4v) is 4.08. The summed E-state index contributed by atoms with van der Waals surface area (Å²) in [6.07, 6.45) is 0.416. The topological polar surface area (TPSA) is 82.1 Å². The molecule has 2 N–H and O–H groups in total. The van der Waals surface area contributed by atoms with Gasteiger partial charge in [-0.25, -0.2) is 0 Å². The molecule has 2 aliphatic heterocycles. The molecular formula is C22H25N3O4. The summed E-state index contributed by atoms with van der Waals surface area (Å²) in [4.78, 5) is 29.6. The van der Waals surface area contributed by atoms with Gasteiger partial charge in [0, 0.05) is 38.2 Å². The minimum atomic E-state index is -0.566. The summed E-state index contributed by atoms with van der Waals surface area (Å²) in [5.74, 6) is 0.852. The molecule has 2 amide bonds. The first kappa shape index (κ1) is 19.3. The normalized spacial score (nSPS) is 22.2. The minimum absolute atomic E-state index is 0.0420. The highest BCUT2D eigenvalue weighted by Crippen LogP contribution is 2.23. The van der Waals surface area contributed by atoms with Crippen molar-refractivity contribution in [3.63, 3.8) is 0 Å². The van der Waals surface area contributed by atoms with Gasteiger partial charge < -0.3 is 20.1 Å². The average Bonchev–Trinajstić information content (AvgIpc) is 2.74. The van der Waals surface area contributed by atoms with Crippen LogP contribution in [0.3, 0.4) is 0 Å². The fraction of sp³-hybridized carbons (Fsp3) is 0.364. The second-order valence-electron chi connectivity index (χ2n) is 7.53. The second-order valence-corrected chi connectivity index (χ2v) is 7.53. The first-order valence-corrected chi connectivity index (χ1v) is 9.78. The number of fused-ring (bicyclic) bond motifs is 1. The number of piperazine rings is 2. The van der Waals surface area contributed by atoms with Crippen LogP contribution >= 0.6 is 0 Å². The van der Waals surface area contributed by atoms with E-state index in [0.29, 0.717) is 32.6 Å². The van der Waals surface area contributed by atoms with Gasteiger partial charge in [-0.2, -0.15) is 0 Å². The van der Waals surface area contributed by atoms with Gasteiger partial charge in [-0.1, -0.05) is 30.3 Å². The second kappa shape index (κ2) is 8.13. The lowest BCUT2D eigenvalue weighted by Crippen LogP contribution is -2.69. The van der Waals surface area contributed by atoms with Crippen molar-refractivity contribution in [3.8, 4) is 11.5 Å². The lowest BCUT2D eigenvalue weighted by atomic mass is 9.98. The van der Waals surface area contributed by atoms with E-state index in [1.807, 2.05) is 24.3 Å². The van der Waals surface area contributed by atoms with E-state index in [1.54, 1.807) is 36.3 Å². The van der Waals surface area contributed by atoms with Gasteiger partial charge in [-0.15, -0.1) is 0 Å². The average molecular weight is 395 g/mol. The lowest BCUT2D eigenvalue weighted by Gasteiger charge is -2.45. The van der Waals surface area contributed by atoms with Gasteiger partial charge >= 0.3 is 0 Å². The van der Waals surface area contributed by atoms with E-state index in [9.17, 15) is 14.7 Å². The summed E-state index contributed by atoms with van der Waals surface area (Å²) in [5, 5.41) is 12.3. The van der Waals surface area contributed by atoms with Crippen LogP contribution in [0.15, 0.2) is 48.5 Å². The number of phenolic OH excluding ortho intramolecular Hbond substituents is 1. The zero-order chi connectivity index (χ0) is 20.4. The van der Waals surface area contributed by atoms with Crippen molar-refractivity contribution in [1.29, 1.82) is 0 Å². The zero-order valence-corrected chi connectivity index (χ0v) is 16.4. The Kier molecular flexibility index (Phi) is 5.40. The Morgan fingerprint density at radius 2 is 1.86 bits per heavy atom. The lowest BCUT2D eigenvalue weighted by molar-refractivity contribution is -0.153. The number of ether oxygens (including phenoxy) is 1. The number of carbonyl (C=O) groups excluding carboxylic acids is 2. The maximum absolute atomic E-state index is 13.0. The van der Waals surface area contributed by atoms with Crippen LogP contribution in [0.25, 0.3) is 0 Å². The first-order chi connectivity index (χ1) is 14.0. The van der Waals surface area contributed by atoms with E-state index in [1.165, 1.54) is 0 Å². The van der Waals surface area contributed by atoms with Crippen LogP contribution in [-0.2, 0) is 22.6 Å². The number of para-hydroxylation sites is 1. The van der Waals surface area contributed by atoms with Gasteiger partial charge in [0.1, 0.15) is 23.6 Å². The summed E-state index contributed by atoms with van der Waals surface area (Å²) >= 11 is 0. The molecule has 0 spiro atoms. The maximum atomic E-state index is 13.0. The van der Waals surface area contributed by atoms with Crippen molar-refractivity contribution >= 4 is 11.8 Å². The zero-order valence-electron chi connectivity index (χ0n) is 16.4. The van der Waals surface area contributed by atoms with E-state index in [4.69, 9.17) is 4.74 Å². The summed E-state index contributed by atoms with van der Waals surface area (Å²) < 4.78 is 5.42. The molecule has 2 fully saturated rings. The number of nitrogens with one attached hydrogen (secondary N) is 1. The molecular weight excluding hydrogens is 370 g/mol. The van der Waals surface area contributed by atoms with Crippen LogP contribution < -0.4 is 10.1 Å². The van der Waals surface area contributed by atoms with Gasteiger partial charge in [-0.3, -0.25) is 14.5 Å². The Hall–Kier alpha value is -3.06. The summed E-state index contributed by atoms with van der Waals surface area (Å²) in [5.41, 5.74) is 1.96. The molecule has 2 aromatic rings. The van der Waals surface area contributed by atoms with E-state index >= 15 is 0 Å². The molecule has 7 nitrogen and oxygen atoms in total. The third kappa shape index (κ3) is 4.05. The standard InChI is InChI=1S/C22H25N3O4/c1-29-20-5-3-2-4-16(20)13-24-10-11-25-19(14-24)21(27)23-18(22(25)28)12-15-6-8-17(26)9-7-15/h2-9,18-19,26H,10-14H2,1H3,(H,23,27)/t18-,19-/m1/s1. The number of rotatable bonds is 5. The van der Waals surface area contributed by atoms with Crippen LogP contribution in [0.1, 0.15) is 11.1 Å². The predicted molar refractivity (Wildman–Crippen MR) is 108 cm³/mol. The molecule has 152 valence electrons.